The van der Waals surface area contributed by atoms with Crippen LogP contribution in [0.4, 0.5) is 0 Å². The van der Waals surface area contributed by atoms with E-state index in [1.54, 1.807) is 4.68 Å². The molecule has 4 heteroatoms. The molecule has 0 aliphatic carbocycles. The van der Waals surface area contributed by atoms with E-state index in [1.165, 1.54) is 0 Å². The number of hydrogen-bond acceptors (Lipinski definition) is 1. The molecule has 0 spiro atoms. The number of halogens is 2. The molecule has 0 atom stereocenters. The third kappa shape index (κ3) is 1.44. The van der Waals surface area contributed by atoms with Gasteiger partial charge in [0, 0.05) is 7.05 Å². The summed E-state index contributed by atoms with van der Waals surface area (Å²) in [4.78, 5) is 0. The van der Waals surface area contributed by atoms with Gasteiger partial charge in [-0.3, -0.25) is 4.68 Å². The predicted molar refractivity (Wildman–Crippen MR) is 42.3 cm³/mol. The third-order valence-corrected chi connectivity index (χ3v) is 1.85. The Hall–Kier alpha value is -0.210. The van der Waals surface area contributed by atoms with E-state index in [4.69, 9.17) is 23.2 Å². The van der Waals surface area contributed by atoms with Crippen LogP contribution < -0.4 is 0 Å². The lowest BCUT2D eigenvalue weighted by molar-refractivity contribution is 0.725. The van der Waals surface area contributed by atoms with Gasteiger partial charge in [0.05, 0.1) is 23.1 Å². The summed E-state index contributed by atoms with van der Waals surface area (Å²) in [6, 6.07) is 1.90. The van der Waals surface area contributed by atoms with Crippen molar-refractivity contribution in [3.8, 4) is 0 Å². The van der Waals surface area contributed by atoms with Crippen LogP contribution in [0.3, 0.4) is 0 Å². The number of rotatable bonds is 2. The van der Waals surface area contributed by atoms with Crippen LogP contribution in [0.5, 0.6) is 0 Å². The zero-order chi connectivity index (χ0) is 7.56. The normalized spacial score (nSPS) is 10.3. The molecule has 0 amide bonds. The van der Waals surface area contributed by atoms with E-state index < -0.39 is 0 Å². The minimum atomic E-state index is 0.449. The first kappa shape index (κ1) is 7.89. The van der Waals surface area contributed by atoms with Crippen molar-refractivity contribution in [2.45, 2.75) is 11.8 Å². The van der Waals surface area contributed by atoms with E-state index in [0.29, 0.717) is 11.8 Å². The minimum Gasteiger partial charge on any atom is -0.271 e. The number of hydrogen-bond donors (Lipinski definition) is 0. The van der Waals surface area contributed by atoms with E-state index in [9.17, 15) is 0 Å². The van der Waals surface area contributed by atoms with Gasteiger partial charge in [0.25, 0.3) is 0 Å². The summed E-state index contributed by atoms with van der Waals surface area (Å²) < 4.78 is 1.74. The van der Waals surface area contributed by atoms with Gasteiger partial charge in [-0.1, -0.05) is 0 Å². The standard InChI is InChI=1S/C6H8Cl2N2/c1-10-6(4-8)2-5(3-7)9-10/h2H,3-4H2,1H3. The molecule has 0 unspecified atom stereocenters. The van der Waals surface area contributed by atoms with E-state index in [0.717, 1.165) is 11.4 Å². The average Bonchev–Trinajstić information content (AvgIpc) is 2.30. The Labute approximate surface area is 69.7 Å². The average molecular weight is 179 g/mol. The summed E-state index contributed by atoms with van der Waals surface area (Å²) >= 11 is 11.1. The molecule has 0 radical (unpaired) electrons. The van der Waals surface area contributed by atoms with Crippen molar-refractivity contribution in [3.63, 3.8) is 0 Å². The summed E-state index contributed by atoms with van der Waals surface area (Å²) in [7, 11) is 1.85. The third-order valence-electron chi connectivity index (χ3n) is 1.30. The van der Waals surface area contributed by atoms with Crippen LogP contribution >= 0.6 is 23.2 Å². The monoisotopic (exact) mass is 178 g/mol. The van der Waals surface area contributed by atoms with Crippen molar-refractivity contribution in [1.29, 1.82) is 0 Å². The van der Waals surface area contributed by atoms with Crippen LogP contribution in [0, 0.1) is 0 Å². The lowest BCUT2D eigenvalue weighted by atomic mass is 10.4. The highest BCUT2D eigenvalue weighted by Gasteiger charge is 2.00. The maximum absolute atomic E-state index is 5.60. The fourth-order valence-corrected chi connectivity index (χ4v) is 1.14. The van der Waals surface area contributed by atoms with Crippen LogP contribution in [-0.4, -0.2) is 9.78 Å². The van der Waals surface area contributed by atoms with Crippen molar-refractivity contribution in [2.75, 3.05) is 0 Å². The van der Waals surface area contributed by atoms with E-state index in [-0.39, 0.29) is 0 Å². The van der Waals surface area contributed by atoms with Crippen molar-refractivity contribution in [3.05, 3.63) is 17.5 Å². The lowest BCUT2D eigenvalue weighted by Gasteiger charge is -1.91. The number of aryl methyl sites for hydroxylation is 1. The van der Waals surface area contributed by atoms with Gasteiger partial charge in [0.2, 0.25) is 0 Å². The van der Waals surface area contributed by atoms with Gasteiger partial charge in [-0.15, -0.1) is 23.2 Å². The van der Waals surface area contributed by atoms with E-state index in [2.05, 4.69) is 5.10 Å². The molecule has 1 rings (SSSR count). The Kier molecular flexibility index (Phi) is 2.57. The highest BCUT2D eigenvalue weighted by atomic mass is 35.5. The number of nitrogens with zero attached hydrogens (tertiary/aromatic N) is 2. The SMILES string of the molecule is Cn1nc(CCl)cc1CCl. The zero-order valence-electron chi connectivity index (χ0n) is 5.64. The van der Waals surface area contributed by atoms with Gasteiger partial charge >= 0.3 is 0 Å². The first-order valence-corrected chi connectivity index (χ1v) is 3.98. The maximum atomic E-state index is 5.60. The molecular weight excluding hydrogens is 171 g/mol. The Morgan fingerprint density at radius 3 is 2.50 bits per heavy atom. The van der Waals surface area contributed by atoms with Gasteiger partial charge < -0.3 is 0 Å². The molecule has 0 aromatic carbocycles. The highest BCUT2D eigenvalue weighted by molar-refractivity contribution is 6.17. The molecule has 2 nitrogen and oxygen atoms in total. The largest absolute Gasteiger partial charge is 0.271 e. The summed E-state index contributed by atoms with van der Waals surface area (Å²) in [5, 5.41) is 4.10. The number of aromatic nitrogens is 2. The molecule has 0 fully saturated rings. The molecule has 0 saturated carbocycles. The van der Waals surface area contributed by atoms with Crippen LogP contribution in [0.2, 0.25) is 0 Å². The quantitative estimate of drug-likeness (QED) is 0.634. The van der Waals surface area contributed by atoms with Gasteiger partial charge in [0.15, 0.2) is 0 Å². The number of alkyl halides is 2. The molecule has 1 aromatic rings. The molecule has 1 aromatic heterocycles. The predicted octanol–water partition coefficient (Wildman–Crippen LogP) is 1.90. The summed E-state index contributed by atoms with van der Waals surface area (Å²) in [5.41, 5.74) is 1.87. The fourth-order valence-electron chi connectivity index (χ4n) is 0.762. The molecule has 0 aliphatic rings. The Morgan fingerprint density at radius 2 is 2.20 bits per heavy atom. The Morgan fingerprint density at radius 1 is 1.50 bits per heavy atom. The zero-order valence-corrected chi connectivity index (χ0v) is 7.15. The topological polar surface area (TPSA) is 17.8 Å². The van der Waals surface area contributed by atoms with Gasteiger partial charge in [-0.05, 0) is 6.07 Å². The van der Waals surface area contributed by atoms with Crippen LogP contribution in [0.25, 0.3) is 0 Å². The molecule has 1 heterocycles. The molecule has 0 bridgehead atoms. The van der Waals surface area contributed by atoms with Gasteiger partial charge in [-0.2, -0.15) is 5.10 Å². The van der Waals surface area contributed by atoms with E-state index in [1.807, 2.05) is 13.1 Å². The van der Waals surface area contributed by atoms with Crippen molar-refractivity contribution in [2.24, 2.45) is 7.05 Å². The smallest absolute Gasteiger partial charge is 0.0775 e. The first-order valence-electron chi connectivity index (χ1n) is 2.91. The highest BCUT2D eigenvalue weighted by Crippen LogP contribution is 2.07. The van der Waals surface area contributed by atoms with E-state index >= 15 is 0 Å². The second-order valence-electron chi connectivity index (χ2n) is 2.02. The summed E-state index contributed by atoms with van der Waals surface area (Å²) in [5.74, 6) is 0.936. The molecule has 0 aliphatic heterocycles. The van der Waals surface area contributed by atoms with Gasteiger partial charge in [0.1, 0.15) is 0 Å². The van der Waals surface area contributed by atoms with Gasteiger partial charge in [-0.25, -0.2) is 0 Å². The van der Waals surface area contributed by atoms with Crippen LogP contribution in [0.15, 0.2) is 6.07 Å². The Balaban J connectivity index is 2.92. The molecule has 56 valence electrons. The minimum absolute atomic E-state index is 0.449. The second kappa shape index (κ2) is 3.26. The summed E-state index contributed by atoms with van der Waals surface area (Å²) in [6.07, 6.45) is 0. The van der Waals surface area contributed by atoms with Crippen molar-refractivity contribution >= 4 is 23.2 Å². The van der Waals surface area contributed by atoms with Crippen molar-refractivity contribution in [1.82, 2.24) is 9.78 Å². The van der Waals surface area contributed by atoms with Crippen LogP contribution in [-0.2, 0) is 18.8 Å². The Bertz CT molecular complexity index is 220. The molecule has 0 saturated heterocycles. The first-order chi connectivity index (χ1) is 4.77. The van der Waals surface area contributed by atoms with Crippen LogP contribution in [0.1, 0.15) is 11.4 Å². The second-order valence-corrected chi connectivity index (χ2v) is 2.55. The maximum Gasteiger partial charge on any atom is 0.0775 e. The lowest BCUT2D eigenvalue weighted by Crippen LogP contribution is -1.94. The molecule has 10 heavy (non-hydrogen) atoms. The van der Waals surface area contributed by atoms with Crippen molar-refractivity contribution < 1.29 is 0 Å². The molecule has 0 N–H and O–H groups in total. The fraction of sp³-hybridized carbons (Fsp3) is 0.500. The summed E-state index contributed by atoms with van der Waals surface area (Å²) in [6.45, 7) is 0. The molecular formula is C6H8Cl2N2.